The van der Waals surface area contributed by atoms with Gasteiger partial charge in [-0.15, -0.1) is 11.3 Å². The first-order chi connectivity index (χ1) is 14.7. The first kappa shape index (κ1) is 21.2. The molecule has 30 heavy (non-hydrogen) atoms. The lowest BCUT2D eigenvalue weighted by molar-refractivity contribution is 0.169. The fourth-order valence-corrected chi connectivity index (χ4v) is 5.33. The van der Waals surface area contributed by atoms with Gasteiger partial charge in [0.05, 0.1) is 0 Å². The summed E-state index contributed by atoms with van der Waals surface area (Å²) in [5.74, 6) is 1.63. The molecule has 3 heterocycles. The number of hydrogen-bond acceptors (Lipinski definition) is 4. The fraction of sp³-hybridized carbons (Fsp3) is 0.542. The second-order valence-corrected chi connectivity index (χ2v) is 9.72. The standard InChI is InChI=1S/C24H35N5S/c1-19-7-9-22(10-8-19)29-13-11-21(17-29)27-24(25-2)26-15-20-5-3-12-28(16-20)18-23-6-4-14-30-23/h4,6-10,14,20-21H,3,5,11-13,15-18H2,1-2H3,(H2,25,26,27). The molecule has 0 spiro atoms. The van der Waals surface area contributed by atoms with E-state index >= 15 is 0 Å². The van der Waals surface area contributed by atoms with Crippen molar-refractivity contribution in [3.05, 3.63) is 52.2 Å². The van der Waals surface area contributed by atoms with E-state index in [1.54, 1.807) is 0 Å². The van der Waals surface area contributed by atoms with Gasteiger partial charge in [0.1, 0.15) is 0 Å². The van der Waals surface area contributed by atoms with Crippen molar-refractivity contribution in [1.29, 1.82) is 0 Å². The molecule has 1 aromatic heterocycles. The molecule has 162 valence electrons. The van der Waals surface area contributed by atoms with Crippen LogP contribution in [0.5, 0.6) is 0 Å². The van der Waals surface area contributed by atoms with Gasteiger partial charge in [0.25, 0.3) is 0 Å². The van der Waals surface area contributed by atoms with Crippen molar-refractivity contribution in [1.82, 2.24) is 15.5 Å². The van der Waals surface area contributed by atoms with Gasteiger partial charge >= 0.3 is 0 Å². The van der Waals surface area contributed by atoms with Crippen molar-refractivity contribution in [3.63, 3.8) is 0 Å². The Kier molecular flexibility index (Phi) is 7.28. The molecule has 2 unspecified atom stereocenters. The van der Waals surface area contributed by atoms with Gasteiger partial charge in [-0.05, 0) is 62.2 Å². The molecule has 0 radical (unpaired) electrons. The van der Waals surface area contributed by atoms with E-state index in [0.29, 0.717) is 12.0 Å². The molecule has 5 nitrogen and oxygen atoms in total. The second-order valence-electron chi connectivity index (χ2n) is 8.69. The predicted molar refractivity (Wildman–Crippen MR) is 129 cm³/mol. The van der Waals surface area contributed by atoms with Crippen LogP contribution in [-0.2, 0) is 6.54 Å². The molecule has 2 aliphatic heterocycles. The first-order valence-electron chi connectivity index (χ1n) is 11.2. The monoisotopic (exact) mass is 425 g/mol. The lowest BCUT2D eigenvalue weighted by Crippen LogP contribution is -2.47. The van der Waals surface area contributed by atoms with Crippen molar-refractivity contribution in [3.8, 4) is 0 Å². The van der Waals surface area contributed by atoms with Gasteiger partial charge in [0, 0.05) is 56.4 Å². The molecule has 4 rings (SSSR count). The summed E-state index contributed by atoms with van der Waals surface area (Å²) < 4.78 is 0. The molecule has 0 bridgehead atoms. The number of thiophene rings is 1. The number of benzene rings is 1. The minimum Gasteiger partial charge on any atom is -0.369 e. The minimum absolute atomic E-state index is 0.444. The van der Waals surface area contributed by atoms with Crippen LogP contribution in [-0.4, -0.2) is 56.7 Å². The quantitative estimate of drug-likeness (QED) is 0.547. The van der Waals surface area contributed by atoms with Gasteiger partial charge < -0.3 is 15.5 Å². The van der Waals surface area contributed by atoms with E-state index < -0.39 is 0 Å². The first-order valence-corrected chi connectivity index (χ1v) is 12.1. The molecule has 2 fully saturated rings. The van der Waals surface area contributed by atoms with Gasteiger partial charge in [-0.25, -0.2) is 0 Å². The molecule has 0 amide bonds. The Morgan fingerprint density at radius 2 is 2.00 bits per heavy atom. The van der Waals surface area contributed by atoms with E-state index in [9.17, 15) is 0 Å². The molecule has 1 aromatic carbocycles. The Labute approximate surface area is 185 Å². The molecule has 6 heteroatoms. The van der Waals surface area contributed by atoms with Crippen LogP contribution >= 0.6 is 11.3 Å². The Balaban J connectivity index is 1.22. The van der Waals surface area contributed by atoms with E-state index in [-0.39, 0.29) is 0 Å². The summed E-state index contributed by atoms with van der Waals surface area (Å²) in [6.45, 7) is 8.75. The van der Waals surface area contributed by atoms with Gasteiger partial charge in [-0.3, -0.25) is 9.89 Å². The molecule has 2 N–H and O–H groups in total. The topological polar surface area (TPSA) is 42.9 Å². The maximum Gasteiger partial charge on any atom is 0.191 e. The van der Waals surface area contributed by atoms with Crippen molar-refractivity contribution in [2.45, 2.75) is 38.8 Å². The van der Waals surface area contributed by atoms with Crippen molar-refractivity contribution >= 4 is 23.0 Å². The Morgan fingerprint density at radius 3 is 2.77 bits per heavy atom. The maximum atomic E-state index is 4.49. The zero-order valence-electron chi connectivity index (χ0n) is 18.3. The highest BCUT2D eigenvalue weighted by molar-refractivity contribution is 7.09. The Hall–Kier alpha value is -2.05. The lowest BCUT2D eigenvalue weighted by Gasteiger charge is -2.33. The summed E-state index contributed by atoms with van der Waals surface area (Å²) in [7, 11) is 1.88. The van der Waals surface area contributed by atoms with E-state index in [4.69, 9.17) is 0 Å². The Bertz CT molecular complexity index is 802. The van der Waals surface area contributed by atoms with E-state index in [1.165, 1.54) is 42.1 Å². The van der Waals surface area contributed by atoms with Crippen LogP contribution < -0.4 is 15.5 Å². The van der Waals surface area contributed by atoms with Gasteiger partial charge in [-0.1, -0.05) is 23.8 Å². The summed E-state index contributed by atoms with van der Waals surface area (Å²) in [4.78, 5) is 11.0. The normalized spacial score (nSPS) is 23.0. The molecular weight excluding hydrogens is 390 g/mol. The number of guanidine groups is 1. The van der Waals surface area contributed by atoms with E-state index in [1.807, 2.05) is 18.4 Å². The number of anilines is 1. The van der Waals surface area contributed by atoms with E-state index in [0.717, 1.165) is 38.6 Å². The molecule has 2 saturated heterocycles. The maximum absolute atomic E-state index is 4.49. The molecular formula is C24H35N5S. The average Bonchev–Trinajstić information content (AvgIpc) is 3.44. The van der Waals surface area contributed by atoms with Crippen LogP contribution in [0.3, 0.4) is 0 Å². The van der Waals surface area contributed by atoms with Gasteiger partial charge in [-0.2, -0.15) is 0 Å². The van der Waals surface area contributed by atoms with Crippen LogP contribution in [0.15, 0.2) is 46.8 Å². The average molecular weight is 426 g/mol. The molecule has 2 aliphatic rings. The van der Waals surface area contributed by atoms with Crippen molar-refractivity contribution in [2.24, 2.45) is 10.9 Å². The predicted octanol–water partition coefficient (Wildman–Crippen LogP) is 3.71. The summed E-state index contributed by atoms with van der Waals surface area (Å²) in [6.07, 6.45) is 3.74. The summed E-state index contributed by atoms with van der Waals surface area (Å²) in [5.41, 5.74) is 2.63. The largest absolute Gasteiger partial charge is 0.369 e. The summed E-state index contributed by atoms with van der Waals surface area (Å²) in [5, 5.41) is 9.43. The van der Waals surface area contributed by atoms with Gasteiger partial charge in [0.2, 0.25) is 0 Å². The van der Waals surface area contributed by atoms with Crippen molar-refractivity contribution < 1.29 is 0 Å². The zero-order chi connectivity index (χ0) is 20.8. The number of aryl methyl sites for hydroxylation is 1. The Morgan fingerprint density at radius 1 is 1.13 bits per heavy atom. The lowest BCUT2D eigenvalue weighted by atomic mass is 9.98. The third kappa shape index (κ3) is 5.76. The number of nitrogens with one attached hydrogen (secondary N) is 2. The molecule has 2 atom stereocenters. The van der Waals surface area contributed by atoms with Crippen LogP contribution in [0.2, 0.25) is 0 Å². The van der Waals surface area contributed by atoms with Gasteiger partial charge in [0.15, 0.2) is 5.96 Å². The number of likely N-dealkylation sites (tertiary alicyclic amines) is 1. The molecule has 0 saturated carbocycles. The van der Waals surface area contributed by atoms with E-state index in [2.05, 4.69) is 74.1 Å². The van der Waals surface area contributed by atoms with Crippen LogP contribution in [0.25, 0.3) is 0 Å². The number of nitrogens with zero attached hydrogens (tertiary/aromatic N) is 3. The van der Waals surface area contributed by atoms with Crippen LogP contribution in [0.4, 0.5) is 5.69 Å². The SMILES string of the molecule is CN=C(NCC1CCCN(Cc2cccs2)C1)NC1CCN(c2ccc(C)cc2)C1. The molecule has 2 aromatic rings. The number of hydrogen-bond donors (Lipinski definition) is 2. The number of aliphatic imine (C=N–C) groups is 1. The molecule has 0 aliphatic carbocycles. The minimum atomic E-state index is 0.444. The highest BCUT2D eigenvalue weighted by atomic mass is 32.1. The van der Waals surface area contributed by atoms with Crippen LogP contribution in [0.1, 0.15) is 29.7 Å². The third-order valence-electron chi connectivity index (χ3n) is 6.27. The highest BCUT2D eigenvalue weighted by Gasteiger charge is 2.24. The fourth-order valence-electron chi connectivity index (χ4n) is 4.58. The second kappa shape index (κ2) is 10.3. The smallest absolute Gasteiger partial charge is 0.191 e. The van der Waals surface area contributed by atoms with Crippen molar-refractivity contribution in [2.75, 3.05) is 44.7 Å². The highest BCUT2D eigenvalue weighted by Crippen LogP contribution is 2.21. The van der Waals surface area contributed by atoms with Crippen LogP contribution in [0, 0.1) is 12.8 Å². The zero-order valence-corrected chi connectivity index (χ0v) is 19.1. The number of rotatable bonds is 6. The summed E-state index contributed by atoms with van der Waals surface area (Å²) in [6, 6.07) is 13.7. The summed E-state index contributed by atoms with van der Waals surface area (Å²) >= 11 is 1.87. The third-order valence-corrected chi connectivity index (χ3v) is 7.13. The number of piperidine rings is 1.